The summed E-state index contributed by atoms with van der Waals surface area (Å²) in [4.78, 5) is 0. The van der Waals surface area contributed by atoms with Gasteiger partial charge in [0, 0.05) is 0 Å². The first-order chi connectivity index (χ1) is 9.19. The Morgan fingerprint density at radius 1 is 1.05 bits per heavy atom. The second-order valence-electron chi connectivity index (χ2n) is 4.30. The summed E-state index contributed by atoms with van der Waals surface area (Å²) in [5, 5.41) is 0. The Labute approximate surface area is 117 Å². The first-order valence-electron chi connectivity index (χ1n) is 6.54. The van der Waals surface area contributed by atoms with E-state index in [0.29, 0.717) is 0 Å². The van der Waals surface area contributed by atoms with E-state index in [1.54, 1.807) is 6.08 Å². The standard InChI is InChI=1S/C19H22/c1-6-10-12-18-16(9-4)13-14-17(15(5)8-3)19(18)11-7-2/h6-14H,1,4H2,2-3,5H3/b11-7-,12-10-,15-8-. The highest BCUT2D eigenvalue weighted by molar-refractivity contribution is 5.82. The number of hydrogen-bond donors (Lipinski definition) is 0. The highest BCUT2D eigenvalue weighted by Crippen LogP contribution is 2.28. The van der Waals surface area contributed by atoms with E-state index in [0.717, 1.165) is 5.56 Å². The van der Waals surface area contributed by atoms with Gasteiger partial charge in [-0.1, -0.05) is 67.8 Å². The normalized spacial score (nSPS) is 12.3. The van der Waals surface area contributed by atoms with E-state index in [1.807, 2.05) is 19.1 Å². The van der Waals surface area contributed by atoms with Gasteiger partial charge >= 0.3 is 0 Å². The predicted octanol–water partition coefficient (Wildman–Crippen LogP) is 5.99. The molecule has 0 aliphatic carbocycles. The summed E-state index contributed by atoms with van der Waals surface area (Å²) in [7, 11) is 0. The Bertz CT molecular complexity index is 552. The van der Waals surface area contributed by atoms with Crippen molar-refractivity contribution in [2.24, 2.45) is 0 Å². The van der Waals surface area contributed by atoms with Crippen molar-refractivity contribution in [3.8, 4) is 0 Å². The smallest absolute Gasteiger partial charge is 0.0106 e. The van der Waals surface area contributed by atoms with Crippen LogP contribution in [-0.2, 0) is 0 Å². The molecule has 19 heavy (non-hydrogen) atoms. The molecule has 0 saturated carbocycles. The average molecular weight is 250 g/mol. The Morgan fingerprint density at radius 2 is 1.79 bits per heavy atom. The van der Waals surface area contributed by atoms with Crippen molar-refractivity contribution >= 4 is 23.8 Å². The number of rotatable bonds is 5. The Morgan fingerprint density at radius 3 is 2.32 bits per heavy atom. The molecule has 0 aliphatic rings. The highest BCUT2D eigenvalue weighted by Gasteiger charge is 2.08. The maximum absolute atomic E-state index is 3.90. The summed E-state index contributed by atoms with van der Waals surface area (Å²) >= 11 is 0. The van der Waals surface area contributed by atoms with Gasteiger partial charge in [0.1, 0.15) is 0 Å². The van der Waals surface area contributed by atoms with Gasteiger partial charge in [-0.3, -0.25) is 0 Å². The second-order valence-corrected chi connectivity index (χ2v) is 4.30. The van der Waals surface area contributed by atoms with Gasteiger partial charge in [0.15, 0.2) is 0 Å². The fraction of sp³-hybridized carbons (Fsp3) is 0.158. The number of benzene rings is 1. The van der Waals surface area contributed by atoms with E-state index in [9.17, 15) is 0 Å². The fourth-order valence-electron chi connectivity index (χ4n) is 2.03. The molecule has 0 fully saturated rings. The summed E-state index contributed by atoms with van der Waals surface area (Å²) in [6.45, 7) is 13.9. The molecule has 0 radical (unpaired) electrons. The molecule has 0 atom stereocenters. The quantitative estimate of drug-likeness (QED) is 0.563. The van der Waals surface area contributed by atoms with Gasteiger partial charge in [-0.25, -0.2) is 0 Å². The second kappa shape index (κ2) is 7.38. The van der Waals surface area contributed by atoms with Gasteiger partial charge in [-0.05, 0) is 48.6 Å². The Kier molecular flexibility index (Phi) is 5.81. The van der Waals surface area contributed by atoms with Gasteiger partial charge in [0.05, 0.1) is 0 Å². The summed E-state index contributed by atoms with van der Waals surface area (Å²) < 4.78 is 0. The molecule has 0 nitrogen and oxygen atoms in total. The van der Waals surface area contributed by atoms with Gasteiger partial charge in [-0.2, -0.15) is 0 Å². The lowest BCUT2D eigenvalue weighted by Crippen LogP contribution is -1.93. The zero-order valence-corrected chi connectivity index (χ0v) is 12.1. The van der Waals surface area contributed by atoms with Crippen LogP contribution in [0.15, 0.2) is 49.6 Å². The molecule has 1 rings (SSSR count). The lowest BCUT2D eigenvalue weighted by atomic mass is 9.91. The largest absolute Gasteiger partial charge is 0.0991 e. The van der Waals surface area contributed by atoms with Crippen molar-refractivity contribution in [2.45, 2.75) is 20.8 Å². The molecule has 0 bridgehead atoms. The van der Waals surface area contributed by atoms with Crippen LogP contribution >= 0.6 is 0 Å². The monoisotopic (exact) mass is 250 g/mol. The zero-order valence-electron chi connectivity index (χ0n) is 12.1. The molecule has 0 amide bonds. The van der Waals surface area contributed by atoms with Crippen molar-refractivity contribution in [3.63, 3.8) is 0 Å². The van der Waals surface area contributed by atoms with Gasteiger partial charge in [0.25, 0.3) is 0 Å². The van der Waals surface area contributed by atoms with Crippen LogP contribution in [0.3, 0.4) is 0 Å². The molecule has 0 aromatic heterocycles. The van der Waals surface area contributed by atoms with Gasteiger partial charge in [0.2, 0.25) is 0 Å². The number of hydrogen-bond acceptors (Lipinski definition) is 0. The molecule has 98 valence electrons. The van der Waals surface area contributed by atoms with E-state index in [2.05, 4.69) is 63.4 Å². The summed E-state index contributed by atoms with van der Waals surface area (Å²) in [6, 6.07) is 4.28. The molecule has 0 saturated heterocycles. The van der Waals surface area contributed by atoms with Crippen LogP contribution in [0, 0.1) is 0 Å². The summed E-state index contributed by atoms with van der Waals surface area (Å²) in [6.07, 6.45) is 14.1. The first-order valence-corrected chi connectivity index (χ1v) is 6.54. The van der Waals surface area contributed by atoms with Gasteiger partial charge in [-0.15, -0.1) is 0 Å². The maximum Gasteiger partial charge on any atom is -0.0106 e. The van der Waals surface area contributed by atoms with Crippen LogP contribution in [0.2, 0.25) is 0 Å². The van der Waals surface area contributed by atoms with Crippen LogP contribution in [0.4, 0.5) is 0 Å². The van der Waals surface area contributed by atoms with E-state index in [4.69, 9.17) is 0 Å². The third-order valence-corrected chi connectivity index (χ3v) is 3.13. The predicted molar refractivity (Wildman–Crippen MR) is 89.8 cm³/mol. The van der Waals surface area contributed by atoms with Crippen LogP contribution in [0.5, 0.6) is 0 Å². The molecule has 1 aromatic carbocycles. The van der Waals surface area contributed by atoms with Crippen molar-refractivity contribution in [2.75, 3.05) is 0 Å². The maximum atomic E-state index is 3.90. The molecular formula is C19H22. The SMILES string of the molecule is C=C/C=C\c1c(C=C)ccc(/C(C)=C\C)c1/C=C\C. The van der Waals surface area contributed by atoms with Crippen LogP contribution < -0.4 is 0 Å². The van der Waals surface area contributed by atoms with Crippen molar-refractivity contribution < 1.29 is 0 Å². The molecule has 0 unspecified atom stereocenters. The molecule has 0 N–H and O–H groups in total. The lowest BCUT2D eigenvalue weighted by Gasteiger charge is -2.13. The Balaban J connectivity index is 3.66. The average Bonchev–Trinajstić information content (AvgIpc) is 2.44. The van der Waals surface area contributed by atoms with E-state index < -0.39 is 0 Å². The molecule has 1 aromatic rings. The van der Waals surface area contributed by atoms with Crippen LogP contribution in [-0.4, -0.2) is 0 Å². The topological polar surface area (TPSA) is 0 Å². The lowest BCUT2D eigenvalue weighted by molar-refractivity contribution is 1.47. The van der Waals surface area contributed by atoms with Crippen molar-refractivity contribution in [1.82, 2.24) is 0 Å². The van der Waals surface area contributed by atoms with Crippen molar-refractivity contribution in [1.29, 1.82) is 0 Å². The molecule has 0 spiro atoms. The fourth-order valence-corrected chi connectivity index (χ4v) is 2.03. The van der Waals surface area contributed by atoms with E-state index in [1.165, 1.54) is 22.3 Å². The molecule has 0 heteroatoms. The van der Waals surface area contributed by atoms with Crippen LogP contribution in [0.1, 0.15) is 43.0 Å². The van der Waals surface area contributed by atoms with E-state index >= 15 is 0 Å². The minimum atomic E-state index is 1.14. The third-order valence-electron chi connectivity index (χ3n) is 3.13. The van der Waals surface area contributed by atoms with Gasteiger partial charge < -0.3 is 0 Å². The highest BCUT2D eigenvalue weighted by atomic mass is 14.1. The van der Waals surface area contributed by atoms with Crippen molar-refractivity contribution in [3.05, 3.63) is 71.8 Å². The first kappa shape index (κ1) is 15.0. The van der Waals surface area contributed by atoms with E-state index in [-0.39, 0.29) is 0 Å². The molecular weight excluding hydrogens is 228 g/mol. The number of allylic oxidation sites excluding steroid dienone is 5. The van der Waals surface area contributed by atoms with Crippen LogP contribution in [0.25, 0.3) is 23.8 Å². The minimum Gasteiger partial charge on any atom is -0.0991 e. The zero-order chi connectivity index (χ0) is 14.3. The minimum absolute atomic E-state index is 1.14. The summed E-state index contributed by atoms with van der Waals surface area (Å²) in [5.41, 5.74) is 6.09. The molecule has 0 heterocycles. The Hall–Kier alpha value is -2.08. The third kappa shape index (κ3) is 3.45. The summed E-state index contributed by atoms with van der Waals surface area (Å²) in [5.74, 6) is 0. The molecule has 0 aliphatic heterocycles.